The molecule has 0 aromatic heterocycles. The summed E-state index contributed by atoms with van der Waals surface area (Å²) in [6.45, 7) is 3.58. The number of hydrogen-bond donors (Lipinski definition) is 0. The Morgan fingerprint density at radius 3 is 2.34 bits per heavy atom. The Morgan fingerprint density at radius 1 is 0.897 bits per heavy atom. The van der Waals surface area contributed by atoms with E-state index >= 15 is 0 Å². The van der Waals surface area contributed by atoms with Gasteiger partial charge in [-0.15, -0.1) is 0 Å². The van der Waals surface area contributed by atoms with Crippen molar-refractivity contribution >= 4 is 17.2 Å². The third kappa shape index (κ3) is 10.9. The van der Waals surface area contributed by atoms with Gasteiger partial charge < -0.3 is 4.74 Å². The highest BCUT2D eigenvalue weighted by Gasteiger charge is 1.98. The van der Waals surface area contributed by atoms with Crippen LogP contribution in [0, 0.1) is 6.92 Å². The van der Waals surface area contributed by atoms with Gasteiger partial charge in [0.2, 0.25) is 0 Å². The minimum Gasteiger partial charge on any atom is -0.377 e. The van der Waals surface area contributed by atoms with E-state index in [1.54, 1.807) is 6.21 Å². The van der Waals surface area contributed by atoms with Crippen LogP contribution in [-0.2, 0) is 22.3 Å². The molecule has 0 bridgehead atoms. The lowest BCUT2D eigenvalue weighted by atomic mass is 10.1. The number of benzene rings is 2. The molecular weight excluding hydrogens is 378 g/mol. The monoisotopic (exact) mass is 411 g/mol. The van der Waals surface area contributed by atoms with Crippen LogP contribution in [0.1, 0.15) is 56.1 Å². The maximum atomic E-state index is 12.0. The van der Waals surface area contributed by atoms with E-state index in [-0.39, 0.29) is 0 Å². The van der Waals surface area contributed by atoms with Crippen molar-refractivity contribution in [1.82, 2.24) is 0 Å². The van der Waals surface area contributed by atoms with E-state index < -0.39 is 11.0 Å². The van der Waals surface area contributed by atoms with E-state index in [0.717, 1.165) is 36.5 Å². The summed E-state index contributed by atoms with van der Waals surface area (Å²) < 4.78 is 21.8. The highest BCUT2D eigenvalue weighted by Crippen LogP contribution is 2.10. The van der Waals surface area contributed by atoms with Crippen molar-refractivity contribution in [2.45, 2.75) is 63.4 Å². The largest absolute Gasteiger partial charge is 0.377 e. The van der Waals surface area contributed by atoms with Crippen LogP contribution < -0.4 is 0 Å². The first-order valence-electron chi connectivity index (χ1n) is 10.5. The first kappa shape index (κ1) is 23.2. The molecule has 0 radical (unpaired) electrons. The van der Waals surface area contributed by atoms with Gasteiger partial charge >= 0.3 is 0 Å². The molecule has 0 aliphatic heterocycles. The number of unbranched alkanes of at least 4 members (excludes halogenated alkanes) is 6. The lowest BCUT2D eigenvalue weighted by Crippen LogP contribution is -1.95. The van der Waals surface area contributed by atoms with Crippen LogP contribution in [0.2, 0.25) is 0 Å². The zero-order valence-electron chi connectivity index (χ0n) is 17.5. The molecule has 0 aliphatic carbocycles. The van der Waals surface area contributed by atoms with Crippen molar-refractivity contribution in [2.24, 2.45) is 4.40 Å². The Balaban J connectivity index is 1.40. The molecule has 0 heterocycles. The maximum absolute atomic E-state index is 12.0. The minimum atomic E-state index is -1.31. The van der Waals surface area contributed by atoms with E-state index in [0.29, 0.717) is 0 Å². The fraction of sp³-hybridized carbons (Fsp3) is 0.400. The number of aryl methyl sites for hydroxylation is 1. The lowest BCUT2D eigenvalue weighted by Gasteiger charge is -2.04. The average Bonchev–Trinajstić information content (AvgIpc) is 2.75. The van der Waals surface area contributed by atoms with Gasteiger partial charge in [0, 0.05) is 12.8 Å². The molecule has 0 N–H and O–H groups in total. The summed E-state index contributed by atoms with van der Waals surface area (Å²) in [6, 6.07) is 18.0. The molecule has 2 rings (SSSR count). The van der Waals surface area contributed by atoms with Gasteiger partial charge in [-0.05, 0) is 50.0 Å². The van der Waals surface area contributed by atoms with E-state index in [1.807, 2.05) is 55.5 Å². The number of rotatable bonds is 14. The number of hydrogen-bond acceptors (Lipinski definition) is 2. The zero-order valence-corrected chi connectivity index (χ0v) is 18.3. The highest BCUT2D eigenvalue weighted by molar-refractivity contribution is 7.83. The molecule has 29 heavy (non-hydrogen) atoms. The smallest absolute Gasteiger partial charge is 0.172 e. The Labute approximate surface area is 178 Å². The maximum Gasteiger partial charge on any atom is 0.172 e. The molecule has 4 heteroatoms. The molecule has 156 valence electrons. The van der Waals surface area contributed by atoms with Gasteiger partial charge in [-0.25, -0.2) is 4.21 Å². The second kappa shape index (κ2) is 14.9. The summed E-state index contributed by atoms with van der Waals surface area (Å²) >= 11 is 0. The molecule has 3 nitrogen and oxygen atoms in total. The number of nitrogens with zero attached hydrogens (tertiary/aromatic N) is 1. The summed E-state index contributed by atoms with van der Waals surface area (Å²) in [5, 5.41) is 0. The zero-order chi connectivity index (χ0) is 20.6. The summed E-state index contributed by atoms with van der Waals surface area (Å²) in [5.41, 5.74) is 2.40. The van der Waals surface area contributed by atoms with E-state index in [9.17, 15) is 4.21 Å². The third-order valence-corrected chi connectivity index (χ3v) is 5.61. The molecule has 0 saturated heterocycles. The average molecular weight is 412 g/mol. The second-order valence-corrected chi connectivity index (χ2v) is 8.37. The van der Waals surface area contributed by atoms with E-state index in [2.05, 4.69) is 22.6 Å². The Bertz CT molecular complexity index is 754. The van der Waals surface area contributed by atoms with Crippen molar-refractivity contribution in [2.75, 3.05) is 6.61 Å². The molecule has 0 amide bonds. The van der Waals surface area contributed by atoms with Gasteiger partial charge in [0.15, 0.2) is 11.0 Å². The van der Waals surface area contributed by atoms with Crippen molar-refractivity contribution in [3.63, 3.8) is 0 Å². The molecule has 0 aliphatic rings. The van der Waals surface area contributed by atoms with Gasteiger partial charge in [0.1, 0.15) is 0 Å². The van der Waals surface area contributed by atoms with Crippen molar-refractivity contribution in [3.8, 4) is 0 Å². The van der Waals surface area contributed by atoms with Crippen molar-refractivity contribution in [3.05, 3.63) is 77.9 Å². The quantitative estimate of drug-likeness (QED) is 0.260. The van der Waals surface area contributed by atoms with Crippen LogP contribution in [0.5, 0.6) is 0 Å². The van der Waals surface area contributed by atoms with Gasteiger partial charge in [-0.3, -0.25) is 0 Å². The summed E-state index contributed by atoms with van der Waals surface area (Å²) in [6.07, 6.45) is 14.1. The van der Waals surface area contributed by atoms with E-state index in [1.165, 1.54) is 37.7 Å². The first-order chi connectivity index (χ1) is 14.3. The fourth-order valence-electron chi connectivity index (χ4n) is 2.90. The van der Waals surface area contributed by atoms with Crippen molar-refractivity contribution < 1.29 is 8.95 Å². The molecule has 1 atom stereocenters. The molecular formula is C25H33NO2S. The van der Waals surface area contributed by atoms with Crippen LogP contribution in [0.4, 0.5) is 0 Å². The Kier molecular flexibility index (Phi) is 11.9. The molecule has 2 aromatic carbocycles. The summed E-state index contributed by atoms with van der Waals surface area (Å²) in [4.78, 5) is 0.741. The van der Waals surface area contributed by atoms with Gasteiger partial charge in [0.25, 0.3) is 0 Å². The van der Waals surface area contributed by atoms with Gasteiger partial charge in [-0.1, -0.05) is 79.8 Å². The Morgan fingerprint density at radius 2 is 1.59 bits per heavy atom. The molecule has 0 fully saturated rings. The third-order valence-electron chi connectivity index (χ3n) is 4.62. The summed E-state index contributed by atoms with van der Waals surface area (Å²) in [5.74, 6) is 0. The van der Waals surface area contributed by atoms with Crippen molar-refractivity contribution in [1.29, 1.82) is 0 Å². The predicted molar refractivity (Wildman–Crippen MR) is 124 cm³/mol. The van der Waals surface area contributed by atoms with Gasteiger partial charge in [-0.2, -0.15) is 4.40 Å². The van der Waals surface area contributed by atoms with E-state index in [4.69, 9.17) is 4.74 Å². The minimum absolute atomic E-state index is 0.717. The van der Waals surface area contributed by atoms with Gasteiger partial charge in [0.05, 0.1) is 11.5 Å². The van der Waals surface area contributed by atoms with Crippen LogP contribution in [0.25, 0.3) is 0 Å². The molecule has 2 aromatic rings. The lowest BCUT2D eigenvalue weighted by molar-refractivity contribution is 0.116. The second-order valence-electron chi connectivity index (χ2n) is 7.19. The number of ether oxygens (including phenoxy) is 1. The topological polar surface area (TPSA) is 38.7 Å². The van der Waals surface area contributed by atoms with Crippen LogP contribution in [0.15, 0.2) is 76.0 Å². The SMILES string of the molecule is Cc1ccc([S@](=O)/N=C/C=C/CCCCCCCCOCc2ccccc2)cc1. The summed E-state index contributed by atoms with van der Waals surface area (Å²) in [7, 11) is -1.31. The van der Waals surface area contributed by atoms with Crippen LogP contribution in [-0.4, -0.2) is 17.0 Å². The highest BCUT2D eigenvalue weighted by atomic mass is 32.2. The Hall–Kier alpha value is -2.04. The molecule has 0 spiro atoms. The normalized spacial score (nSPS) is 12.7. The standard InChI is InChI=1S/C25H33NO2S/c1-23-16-18-25(19-17-23)29(27)26-20-12-7-5-3-2-4-6-8-13-21-28-22-24-14-10-9-11-15-24/h7,9-12,14-20H,2-6,8,13,21-22H2,1H3/b12-7+,26-20+/t29-/m0/s1. The van der Waals surface area contributed by atoms with Crippen LogP contribution in [0.3, 0.4) is 0 Å². The number of allylic oxidation sites excluding steroid dienone is 2. The fourth-order valence-corrected chi connectivity index (χ4v) is 3.57. The molecule has 0 saturated carbocycles. The van der Waals surface area contributed by atoms with Crippen LogP contribution >= 0.6 is 0 Å². The predicted octanol–water partition coefficient (Wildman–Crippen LogP) is 6.59. The first-order valence-corrected chi connectivity index (χ1v) is 11.7. The molecule has 0 unspecified atom stereocenters.